The summed E-state index contributed by atoms with van der Waals surface area (Å²) in [5.41, 5.74) is 0. The summed E-state index contributed by atoms with van der Waals surface area (Å²) < 4.78 is 7.91. The van der Waals surface area contributed by atoms with Gasteiger partial charge < -0.3 is 4.74 Å². The van der Waals surface area contributed by atoms with Crippen molar-refractivity contribution in [2.24, 2.45) is 5.92 Å². The van der Waals surface area contributed by atoms with Crippen molar-refractivity contribution in [3.05, 3.63) is 11.1 Å². The van der Waals surface area contributed by atoms with Crippen LogP contribution in [0.5, 0.6) is 0 Å². The van der Waals surface area contributed by atoms with Crippen LogP contribution >= 0.6 is 11.6 Å². The maximum absolute atomic E-state index is 6.13. The van der Waals surface area contributed by atoms with Crippen LogP contribution < -0.4 is 0 Å². The summed E-state index contributed by atoms with van der Waals surface area (Å²) in [6, 6.07) is 0.352. The highest BCUT2D eigenvalue weighted by Crippen LogP contribution is 2.44. The van der Waals surface area contributed by atoms with Crippen LogP contribution in [-0.2, 0) is 11.2 Å². The third-order valence-electron chi connectivity index (χ3n) is 3.56. The van der Waals surface area contributed by atoms with E-state index in [2.05, 4.69) is 21.7 Å². The minimum Gasteiger partial charge on any atom is -0.376 e. The summed E-state index contributed by atoms with van der Waals surface area (Å²) in [5.74, 6) is 1.71. The molecule has 88 valence electrons. The van der Waals surface area contributed by atoms with E-state index in [0.717, 1.165) is 31.2 Å². The van der Waals surface area contributed by atoms with Crippen LogP contribution in [0, 0.1) is 5.92 Å². The van der Waals surface area contributed by atoms with Crippen molar-refractivity contribution in [3.8, 4) is 0 Å². The molecule has 1 saturated carbocycles. The molecule has 1 aromatic rings. The topological polar surface area (TPSA) is 39.9 Å². The Hall–Kier alpha value is -0.610. The first kappa shape index (κ1) is 10.5. The van der Waals surface area contributed by atoms with Gasteiger partial charge in [-0.05, 0) is 36.8 Å². The molecule has 2 atom stereocenters. The van der Waals surface area contributed by atoms with Crippen molar-refractivity contribution in [1.82, 2.24) is 14.8 Å². The fourth-order valence-corrected chi connectivity index (χ4v) is 2.88. The van der Waals surface area contributed by atoms with Gasteiger partial charge >= 0.3 is 0 Å². The highest BCUT2D eigenvalue weighted by Gasteiger charge is 2.42. The van der Waals surface area contributed by atoms with Gasteiger partial charge in [-0.1, -0.05) is 6.92 Å². The number of halogens is 1. The van der Waals surface area contributed by atoms with Crippen molar-refractivity contribution >= 4 is 11.6 Å². The quantitative estimate of drug-likeness (QED) is 0.815. The predicted octanol–water partition coefficient (Wildman–Crippen LogP) is 2.23. The molecule has 5 heteroatoms. The molecule has 0 N–H and O–H groups in total. The molecular weight excluding hydrogens is 226 g/mol. The lowest BCUT2D eigenvalue weighted by Gasteiger charge is -2.21. The second-order valence-electron chi connectivity index (χ2n) is 4.64. The van der Waals surface area contributed by atoms with Gasteiger partial charge in [-0.2, -0.15) is 0 Å². The Kier molecular flexibility index (Phi) is 2.64. The van der Waals surface area contributed by atoms with E-state index >= 15 is 0 Å². The lowest BCUT2D eigenvalue weighted by Crippen LogP contribution is -2.23. The molecular formula is C11H16ClN3O. The number of aryl methyl sites for hydroxylation is 1. The first-order chi connectivity index (χ1) is 7.81. The zero-order valence-electron chi connectivity index (χ0n) is 9.40. The Morgan fingerprint density at radius 1 is 1.38 bits per heavy atom. The van der Waals surface area contributed by atoms with Gasteiger partial charge in [0.2, 0.25) is 5.28 Å². The number of hydrogen-bond acceptors (Lipinski definition) is 3. The van der Waals surface area contributed by atoms with Crippen LogP contribution in [-0.4, -0.2) is 27.5 Å². The lowest BCUT2D eigenvalue weighted by molar-refractivity contribution is 0.0745. The van der Waals surface area contributed by atoms with E-state index < -0.39 is 0 Å². The van der Waals surface area contributed by atoms with Crippen LogP contribution in [0.1, 0.15) is 38.1 Å². The molecule has 1 aliphatic carbocycles. The van der Waals surface area contributed by atoms with E-state index in [4.69, 9.17) is 16.3 Å². The van der Waals surface area contributed by atoms with E-state index in [-0.39, 0.29) is 0 Å². The average molecular weight is 242 g/mol. The monoisotopic (exact) mass is 241 g/mol. The smallest absolute Gasteiger partial charge is 0.225 e. The number of rotatable bonds is 3. The Morgan fingerprint density at radius 2 is 2.19 bits per heavy atom. The molecule has 0 bridgehead atoms. The summed E-state index contributed by atoms with van der Waals surface area (Å²) in [6.07, 6.45) is 4.82. The molecule has 1 saturated heterocycles. The minimum absolute atomic E-state index is 0.332. The molecule has 0 amide bonds. The Balaban J connectivity index is 1.91. The van der Waals surface area contributed by atoms with Gasteiger partial charge in [0, 0.05) is 13.0 Å². The zero-order chi connectivity index (χ0) is 11.1. The second-order valence-corrected chi connectivity index (χ2v) is 4.98. The maximum atomic E-state index is 6.13. The van der Waals surface area contributed by atoms with Crippen molar-refractivity contribution in [3.63, 3.8) is 0 Å². The van der Waals surface area contributed by atoms with Crippen LogP contribution in [0.3, 0.4) is 0 Å². The normalized spacial score (nSPS) is 29.9. The Bertz CT molecular complexity index is 389. The molecule has 1 aliphatic heterocycles. The van der Waals surface area contributed by atoms with E-state index in [0.29, 0.717) is 17.4 Å². The molecule has 2 heterocycles. The molecule has 3 rings (SSSR count). The maximum Gasteiger partial charge on any atom is 0.225 e. The van der Waals surface area contributed by atoms with Gasteiger partial charge in [-0.25, -0.2) is 0 Å². The summed E-state index contributed by atoms with van der Waals surface area (Å²) in [4.78, 5) is 0. The highest BCUT2D eigenvalue weighted by atomic mass is 35.5. The Labute approximate surface area is 99.9 Å². The summed E-state index contributed by atoms with van der Waals surface area (Å²) >= 11 is 6.13. The van der Waals surface area contributed by atoms with Crippen LogP contribution in [0.2, 0.25) is 5.28 Å². The molecule has 0 aromatic carbocycles. The number of aromatic nitrogens is 3. The summed E-state index contributed by atoms with van der Waals surface area (Å²) in [6.45, 7) is 2.92. The molecule has 2 unspecified atom stereocenters. The lowest BCUT2D eigenvalue weighted by atomic mass is 10.1. The third kappa shape index (κ3) is 1.64. The predicted molar refractivity (Wildman–Crippen MR) is 60.5 cm³/mol. The van der Waals surface area contributed by atoms with Crippen molar-refractivity contribution in [2.75, 3.05) is 6.61 Å². The fourth-order valence-electron chi connectivity index (χ4n) is 2.62. The van der Waals surface area contributed by atoms with Crippen LogP contribution in [0.15, 0.2) is 0 Å². The molecule has 2 aliphatic rings. The average Bonchev–Trinajstić information content (AvgIpc) is 2.90. The van der Waals surface area contributed by atoms with Gasteiger partial charge in [0.05, 0.1) is 12.1 Å². The van der Waals surface area contributed by atoms with Crippen LogP contribution in [0.4, 0.5) is 0 Å². The molecule has 1 aromatic heterocycles. The molecule has 2 fully saturated rings. The van der Waals surface area contributed by atoms with E-state index in [9.17, 15) is 0 Å². The van der Waals surface area contributed by atoms with Gasteiger partial charge in [-0.15, -0.1) is 10.2 Å². The number of hydrogen-bond donors (Lipinski definition) is 0. The fraction of sp³-hybridized carbons (Fsp3) is 0.818. The molecule has 4 nitrogen and oxygen atoms in total. The van der Waals surface area contributed by atoms with Gasteiger partial charge in [-0.3, -0.25) is 4.57 Å². The van der Waals surface area contributed by atoms with Crippen molar-refractivity contribution < 1.29 is 4.74 Å². The van der Waals surface area contributed by atoms with Gasteiger partial charge in [0.15, 0.2) is 0 Å². The number of nitrogens with zero attached hydrogens (tertiary/aromatic N) is 3. The first-order valence-corrected chi connectivity index (χ1v) is 6.40. The molecule has 16 heavy (non-hydrogen) atoms. The van der Waals surface area contributed by atoms with Crippen molar-refractivity contribution in [1.29, 1.82) is 0 Å². The SMILES string of the molecule is CCc1nnc(Cl)n1C1CCOC1C1CC1. The largest absolute Gasteiger partial charge is 0.376 e. The van der Waals surface area contributed by atoms with Gasteiger partial charge in [0.1, 0.15) is 5.82 Å². The van der Waals surface area contributed by atoms with Gasteiger partial charge in [0.25, 0.3) is 0 Å². The Morgan fingerprint density at radius 3 is 2.88 bits per heavy atom. The highest BCUT2D eigenvalue weighted by molar-refractivity contribution is 6.28. The van der Waals surface area contributed by atoms with E-state index in [1.54, 1.807) is 0 Å². The number of ether oxygens (including phenoxy) is 1. The van der Waals surface area contributed by atoms with E-state index in [1.165, 1.54) is 12.8 Å². The summed E-state index contributed by atoms with van der Waals surface area (Å²) in [7, 11) is 0. The van der Waals surface area contributed by atoms with Crippen LogP contribution in [0.25, 0.3) is 0 Å². The first-order valence-electron chi connectivity index (χ1n) is 6.02. The molecule has 0 spiro atoms. The second kappa shape index (κ2) is 4.00. The third-order valence-corrected chi connectivity index (χ3v) is 3.82. The van der Waals surface area contributed by atoms with E-state index in [1.807, 2.05) is 0 Å². The zero-order valence-corrected chi connectivity index (χ0v) is 10.2. The minimum atomic E-state index is 0.332. The van der Waals surface area contributed by atoms with Crippen molar-refractivity contribution in [2.45, 2.75) is 44.8 Å². The standard InChI is InChI=1S/C11H16ClN3O/c1-2-9-13-14-11(12)15(9)8-5-6-16-10(8)7-3-4-7/h7-8,10H,2-6H2,1H3. The molecule has 0 radical (unpaired) electrons. The summed E-state index contributed by atoms with van der Waals surface area (Å²) in [5, 5.41) is 8.60.